The van der Waals surface area contributed by atoms with Crippen molar-refractivity contribution in [2.24, 2.45) is 0 Å². The number of nitrogens with zero attached hydrogens (tertiary/aromatic N) is 1. The first-order chi connectivity index (χ1) is 11.6. The fourth-order valence-electron chi connectivity index (χ4n) is 2.72. The molecule has 1 fully saturated rings. The molecular weight excluding hydrogens is 330 g/mol. The zero-order chi connectivity index (χ0) is 16.9. The summed E-state index contributed by atoms with van der Waals surface area (Å²) in [6, 6.07) is 3.28. The number of likely N-dealkylation sites (tertiary alicyclic amines) is 1. The fourth-order valence-corrected chi connectivity index (χ4v) is 3.43. The minimum Gasteiger partial charge on any atom is -0.454 e. The van der Waals surface area contributed by atoms with E-state index in [1.807, 2.05) is 4.90 Å². The fraction of sp³-hybridized carbons (Fsp3) is 0.500. The number of nitrogens with one attached hydrogen (secondary N) is 1. The number of nitrogens with two attached hydrogens (primary N) is 1. The molecule has 0 radical (unpaired) electrons. The summed E-state index contributed by atoms with van der Waals surface area (Å²) in [4.78, 5) is 26.0. The Morgan fingerprint density at radius 3 is 2.58 bits per heavy atom. The third kappa shape index (κ3) is 4.05. The monoisotopic (exact) mass is 351 g/mol. The molecular formula is C16H21N3O4S. The zero-order valence-corrected chi connectivity index (χ0v) is 14.2. The molecule has 24 heavy (non-hydrogen) atoms. The second-order valence-corrected chi connectivity index (χ2v) is 6.76. The lowest BCUT2D eigenvalue weighted by Gasteiger charge is -2.26. The number of benzene rings is 1. The first-order valence-corrected chi connectivity index (χ1v) is 9.13. The number of rotatable bonds is 5. The summed E-state index contributed by atoms with van der Waals surface area (Å²) in [5.41, 5.74) is 6.81. The Hall–Kier alpha value is -2.09. The van der Waals surface area contributed by atoms with E-state index in [9.17, 15) is 9.59 Å². The summed E-state index contributed by atoms with van der Waals surface area (Å²) in [6.45, 7) is 1.82. The molecule has 8 heteroatoms. The molecule has 0 bridgehead atoms. The van der Waals surface area contributed by atoms with E-state index in [2.05, 4.69) is 5.32 Å². The van der Waals surface area contributed by atoms with Crippen LogP contribution in [-0.2, 0) is 9.59 Å². The molecule has 1 saturated heterocycles. The van der Waals surface area contributed by atoms with E-state index < -0.39 is 0 Å². The Kier molecular flexibility index (Phi) is 5.34. The number of carbonyl (C=O) groups is 2. The Morgan fingerprint density at radius 2 is 1.83 bits per heavy atom. The molecule has 1 aromatic carbocycles. The second kappa shape index (κ2) is 7.65. The third-order valence-electron chi connectivity index (χ3n) is 3.99. The molecule has 0 spiro atoms. The molecule has 1 aromatic rings. The number of anilines is 2. The minimum atomic E-state index is -0.197. The molecule has 0 saturated carbocycles. The van der Waals surface area contributed by atoms with Crippen LogP contribution in [0.1, 0.15) is 19.3 Å². The summed E-state index contributed by atoms with van der Waals surface area (Å²) in [7, 11) is 0. The SMILES string of the molecule is Nc1cc2c(cc1NC(=O)CSCC(=O)N1CCCCC1)OCO2. The topological polar surface area (TPSA) is 93.9 Å². The van der Waals surface area contributed by atoms with Crippen molar-refractivity contribution in [3.05, 3.63) is 12.1 Å². The average molecular weight is 351 g/mol. The number of nitrogen functional groups attached to an aromatic ring is 1. The summed E-state index contributed by atoms with van der Waals surface area (Å²) < 4.78 is 10.5. The molecule has 0 unspecified atom stereocenters. The molecule has 3 N–H and O–H groups in total. The van der Waals surface area contributed by atoms with Crippen LogP contribution in [0.3, 0.4) is 0 Å². The Bertz CT molecular complexity index is 632. The average Bonchev–Trinajstić information content (AvgIpc) is 3.03. The Morgan fingerprint density at radius 1 is 1.12 bits per heavy atom. The summed E-state index contributed by atoms with van der Waals surface area (Å²) in [5, 5.41) is 2.75. The van der Waals surface area contributed by atoms with Crippen molar-refractivity contribution in [3.8, 4) is 11.5 Å². The van der Waals surface area contributed by atoms with Crippen LogP contribution >= 0.6 is 11.8 Å². The van der Waals surface area contributed by atoms with E-state index >= 15 is 0 Å². The van der Waals surface area contributed by atoms with Gasteiger partial charge in [0.25, 0.3) is 0 Å². The summed E-state index contributed by atoms with van der Waals surface area (Å²) in [6.07, 6.45) is 3.33. The maximum Gasteiger partial charge on any atom is 0.234 e. The van der Waals surface area contributed by atoms with Gasteiger partial charge in [0.15, 0.2) is 11.5 Å². The smallest absolute Gasteiger partial charge is 0.234 e. The van der Waals surface area contributed by atoms with Crippen LogP contribution in [0.4, 0.5) is 11.4 Å². The van der Waals surface area contributed by atoms with Gasteiger partial charge in [-0.1, -0.05) is 0 Å². The van der Waals surface area contributed by atoms with E-state index in [0.29, 0.717) is 28.6 Å². The number of ether oxygens (including phenoxy) is 2. The van der Waals surface area contributed by atoms with Gasteiger partial charge in [0.05, 0.1) is 22.9 Å². The summed E-state index contributed by atoms with van der Waals surface area (Å²) >= 11 is 1.31. The molecule has 7 nitrogen and oxygen atoms in total. The van der Waals surface area contributed by atoms with E-state index in [0.717, 1.165) is 25.9 Å². The molecule has 2 heterocycles. The Balaban J connectivity index is 1.45. The highest BCUT2D eigenvalue weighted by Crippen LogP contribution is 2.38. The van der Waals surface area contributed by atoms with Crippen LogP contribution < -0.4 is 20.5 Å². The first kappa shape index (κ1) is 16.8. The molecule has 3 rings (SSSR count). The van der Waals surface area contributed by atoms with Crippen LogP contribution in [0.15, 0.2) is 12.1 Å². The van der Waals surface area contributed by atoms with Gasteiger partial charge < -0.3 is 25.4 Å². The predicted octanol–water partition coefficient (Wildman–Crippen LogP) is 1.68. The van der Waals surface area contributed by atoms with Gasteiger partial charge in [-0.05, 0) is 19.3 Å². The molecule has 0 aliphatic carbocycles. The van der Waals surface area contributed by atoms with Crippen LogP contribution in [0.25, 0.3) is 0 Å². The standard InChI is InChI=1S/C16H21N3O4S/c17-11-6-13-14(23-10-22-13)7-12(11)18-15(20)8-24-9-16(21)19-4-2-1-3-5-19/h6-7H,1-5,8-10,17H2,(H,18,20). The van der Waals surface area contributed by atoms with Crippen molar-refractivity contribution in [1.29, 1.82) is 0 Å². The van der Waals surface area contributed by atoms with E-state index in [1.165, 1.54) is 18.2 Å². The van der Waals surface area contributed by atoms with Gasteiger partial charge >= 0.3 is 0 Å². The lowest BCUT2D eigenvalue weighted by atomic mass is 10.1. The molecule has 2 amide bonds. The highest BCUT2D eigenvalue weighted by molar-refractivity contribution is 8.00. The largest absolute Gasteiger partial charge is 0.454 e. The number of carbonyl (C=O) groups excluding carboxylic acids is 2. The lowest BCUT2D eigenvalue weighted by Crippen LogP contribution is -2.37. The second-order valence-electron chi connectivity index (χ2n) is 5.78. The van der Waals surface area contributed by atoms with Gasteiger partial charge in [-0.2, -0.15) is 0 Å². The molecule has 0 atom stereocenters. The predicted molar refractivity (Wildman–Crippen MR) is 93.4 cm³/mol. The number of hydrogen-bond donors (Lipinski definition) is 2. The highest BCUT2D eigenvalue weighted by atomic mass is 32.2. The third-order valence-corrected chi connectivity index (χ3v) is 4.90. The van der Waals surface area contributed by atoms with Crippen molar-refractivity contribution < 1.29 is 19.1 Å². The molecule has 130 valence electrons. The normalized spacial score (nSPS) is 16.1. The van der Waals surface area contributed by atoms with Crippen molar-refractivity contribution in [1.82, 2.24) is 4.90 Å². The maximum absolute atomic E-state index is 12.0. The number of piperidine rings is 1. The molecule has 2 aliphatic rings. The van der Waals surface area contributed by atoms with Gasteiger partial charge in [-0.15, -0.1) is 11.8 Å². The van der Waals surface area contributed by atoms with Crippen molar-refractivity contribution >= 4 is 35.0 Å². The van der Waals surface area contributed by atoms with Crippen molar-refractivity contribution in [2.75, 3.05) is 42.4 Å². The molecule has 2 aliphatic heterocycles. The van der Waals surface area contributed by atoms with Crippen LogP contribution in [0.2, 0.25) is 0 Å². The summed E-state index contributed by atoms with van der Waals surface area (Å²) in [5.74, 6) is 1.57. The maximum atomic E-state index is 12.0. The number of thioether (sulfide) groups is 1. The number of amides is 2. The number of hydrogen-bond acceptors (Lipinski definition) is 6. The number of fused-ring (bicyclic) bond motifs is 1. The van der Waals surface area contributed by atoms with Gasteiger partial charge in [-0.25, -0.2) is 0 Å². The van der Waals surface area contributed by atoms with E-state index in [1.54, 1.807) is 12.1 Å². The minimum absolute atomic E-state index is 0.107. The van der Waals surface area contributed by atoms with Crippen molar-refractivity contribution in [3.63, 3.8) is 0 Å². The van der Waals surface area contributed by atoms with Gasteiger partial charge in [0.2, 0.25) is 18.6 Å². The Labute approximate surface area is 144 Å². The van der Waals surface area contributed by atoms with Gasteiger partial charge in [-0.3, -0.25) is 9.59 Å². The van der Waals surface area contributed by atoms with Crippen LogP contribution in [0, 0.1) is 0 Å². The van der Waals surface area contributed by atoms with Gasteiger partial charge in [0.1, 0.15) is 0 Å². The lowest BCUT2D eigenvalue weighted by molar-refractivity contribution is -0.129. The quantitative estimate of drug-likeness (QED) is 0.784. The highest BCUT2D eigenvalue weighted by Gasteiger charge is 2.18. The van der Waals surface area contributed by atoms with E-state index in [-0.39, 0.29) is 24.4 Å². The van der Waals surface area contributed by atoms with E-state index in [4.69, 9.17) is 15.2 Å². The van der Waals surface area contributed by atoms with Crippen molar-refractivity contribution in [2.45, 2.75) is 19.3 Å². The zero-order valence-electron chi connectivity index (χ0n) is 13.4. The first-order valence-electron chi connectivity index (χ1n) is 7.98. The van der Waals surface area contributed by atoms with Crippen LogP contribution in [0.5, 0.6) is 11.5 Å². The molecule has 0 aromatic heterocycles. The van der Waals surface area contributed by atoms with Gasteiger partial charge in [0, 0.05) is 25.2 Å². The van der Waals surface area contributed by atoms with Crippen LogP contribution in [-0.4, -0.2) is 48.1 Å².